The molecular weight excluding hydrogens is 378 g/mol. The maximum Gasteiger partial charge on any atom is 0.318 e. The smallest absolute Gasteiger partial charge is 0.318 e. The first kappa shape index (κ1) is 21.7. The van der Waals surface area contributed by atoms with Crippen molar-refractivity contribution in [2.24, 2.45) is 0 Å². The van der Waals surface area contributed by atoms with Crippen LogP contribution in [0.15, 0.2) is 48.5 Å². The summed E-state index contributed by atoms with van der Waals surface area (Å²) in [5.74, 6) is 1.00. The van der Waals surface area contributed by atoms with Crippen molar-refractivity contribution in [3.05, 3.63) is 65.2 Å². The zero-order valence-electron chi connectivity index (χ0n) is 18.1. The van der Waals surface area contributed by atoms with E-state index in [2.05, 4.69) is 11.4 Å². The normalized spacial score (nSPS) is 14.5. The summed E-state index contributed by atoms with van der Waals surface area (Å²) in [7, 11) is 1.64. The van der Waals surface area contributed by atoms with E-state index in [-0.39, 0.29) is 18.0 Å². The average Bonchev–Trinajstić information content (AvgIpc) is 3.17. The van der Waals surface area contributed by atoms with Gasteiger partial charge in [0, 0.05) is 32.6 Å². The van der Waals surface area contributed by atoms with Gasteiger partial charge in [-0.2, -0.15) is 0 Å². The van der Waals surface area contributed by atoms with E-state index in [9.17, 15) is 9.59 Å². The SMILES string of the molecule is CCN(C(=O)NCc1cccc(CN2CCCC2=O)c1)C(C)c1cccc(OC)c1. The summed E-state index contributed by atoms with van der Waals surface area (Å²) in [6.45, 7) is 6.50. The van der Waals surface area contributed by atoms with E-state index < -0.39 is 0 Å². The fourth-order valence-electron chi connectivity index (χ4n) is 3.88. The number of amides is 3. The van der Waals surface area contributed by atoms with Crippen LogP contribution in [-0.2, 0) is 17.9 Å². The van der Waals surface area contributed by atoms with Crippen LogP contribution >= 0.6 is 0 Å². The molecule has 1 heterocycles. The van der Waals surface area contributed by atoms with Gasteiger partial charge in [-0.25, -0.2) is 4.79 Å². The monoisotopic (exact) mass is 409 g/mol. The quantitative estimate of drug-likeness (QED) is 0.714. The second kappa shape index (κ2) is 10.1. The molecule has 1 aliphatic heterocycles. The van der Waals surface area contributed by atoms with Crippen molar-refractivity contribution in [2.75, 3.05) is 20.2 Å². The molecule has 6 nitrogen and oxygen atoms in total. The van der Waals surface area contributed by atoms with Crippen LogP contribution in [0.1, 0.15) is 49.4 Å². The number of likely N-dealkylation sites (tertiary alicyclic amines) is 1. The molecule has 2 aromatic rings. The maximum absolute atomic E-state index is 12.9. The second-order valence-electron chi connectivity index (χ2n) is 7.64. The van der Waals surface area contributed by atoms with E-state index in [0.717, 1.165) is 35.4 Å². The number of hydrogen-bond donors (Lipinski definition) is 1. The minimum Gasteiger partial charge on any atom is -0.497 e. The van der Waals surface area contributed by atoms with Crippen molar-refractivity contribution in [1.82, 2.24) is 15.1 Å². The van der Waals surface area contributed by atoms with Gasteiger partial charge >= 0.3 is 6.03 Å². The maximum atomic E-state index is 12.9. The number of nitrogens with zero attached hydrogens (tertiary/aromatic N) is 2. The van der Waals surface area contributed by atoms with Crippen LogP contribution in [0.5, 0.6) is 5.75 Å². The molecule has 30 heavy (non-hydrogen) atoms. The largest absolute Gasteiger partial charge is 0.497 e. The molecule has 0 radical (unpaired) electrons. The summed E-state index contributed by atoms with van der Waals surface area (Å²) in [6, 6.07) is 15.7. The van der Waals surface area contributed by atoms with Gasteiger partial charge < -0.3 is 19.9 Å². The Kier molecular flexibility index (Phi) is 7.33. The lowest BCUT2D eigenvalue weighted by molar-refractivity contribution is -0.128. The van der Waals surface area contributed by atoms with E-state index in [1.807, 2.05) is 66.1 Å². The van der Waals surface area contributed by atoms with Crippen LogP contribution in [0.3, 0.4) is 0 Å². The van der Waals surface area contributed by atoms with Crippen molar-refractivity contribution in [2.45, 2.75) is 45.8 Å². The molecule has 1 fully saturated rings. The number of urea groups is 1. The zero-order chi connectivity index (χ0) is 21.5. The van der Waals surface area contributed by atoms with Gasteiger partial charge in [0.05, 0.1) is 13.2 Å². The number of carbonyl (C=O) groups is 2. The Morgan fingerprint density at radius 1 is 1.20 bits per heavy atom. The highest BCUT2D eigenvalue weighted by atomic mass is 16.5. The Labute approximate surface area is 178 Å². The van der Waals surface area contributed by atoms with Crippen LogP contribution in [0.4, 0.5) is 4.79 Å². The minimum absolute atomic E-state index is 0.0717. The van der Waals surface area contributed by atoms with Crippen LogP contribution < -0.4 is 10.1 Å². The summed E-state index contributed by atoms with van der Waals surface area (Å²) in [5.41, 5.74) is 3.15. The predicted octanol–water partition coefficient (Wildman–Crippen LogP) is 4.11. The van der Waals surface area contributed by atoms with E-state index in [0.29, 0.717) is 26.1 Å². The Morgan fingerprint density at radius 3 is 2.67 bits per heavy atom. The molecule has 0 aliphatic carbocycles. The van der Waals surface area contributed by atoms with Crippen molar-refractivity contribution < 1.29 is 14.3 Å². The molecule has 0 spiro atoms. The third kappa shape index (κ3) is 5.32. The van der Waals surface area contributed by atoms with Crippen LogP contribution in [0.2, 0.25) is 0 Å². The molecule has 1 aliphatic rings. The predicted molar refractivity (Wildman–Crippen MR) is 117 cm³/mol. The first-order chi connectivity index (χ1) is 14.5. The number of rotatable bonds is 8. The molecule has 0 saturated carbocycles. The highest BCUT2D eigenvalue weighted by Crippen LogP contribution is 2.24. The van der Waals surface area contributed by atoms with Crippen LogP contribution in [-0.4, -0.2) is 41.9 Å². The molecule has 6 heteroatoms. The highest BCUT2D eigenvalue weighted by molar-refractivity contribution is 5.78. The summed E-state index contributed by atoms with van der Waals surface area (Å²) in [6.07, 6.45) is 1.58. The number of methoxy groups -OCH3 is 1. The van der Waals surface area contributed by atoms with E-state index in [1.165, 1.54) is 0 Å². The molecule has 1 unspecified atom stereocenters. The topological polar surface area (TPSA) is 61.9 Å². The molecular formula is C24H31N3O3. The zero-order valence-corrected chi connectivity index (χ0v) is 18.1. The molecule has 2 aromatic carbocycles. The van der Waals surface area contributed by atoms with Crippen LogP contribution in [0, 0.1) is 0 Å². The van der Waals surface area contributed by atoms with Crippen molar-refractivity contribution in [1.29, 1.82) is 0 Å². The van der Waals surface area contributed by atoms with Crippen molar-refractivity contribution in [3.8, 4) is 5.75 Å². The number of hydrogen-bond acceptors (Lipinski definition) is 3. The van der Waals surface area contributed by atoms with Crippen LogP contribution in [0.25, 0.3) is 0 Å². The minimum atomic E-state index is -0.104. The van der Waals surface area contributed by atoms with Crippen molar-refractivity contribution in [3.63, 3.8) is 0 Å². The molecule has 1 atom stereocenters. The third-order valence-electron chi connectivity index (χ3n) is 5.63. The van der Waals surface area contributed by atoms with E-state index >= 15 is 0 Å². The van der Waals surface area contributed by atoms with Crippen molar-refractivity contribution >= 4 is 11.9 Å². The van der Waals surface area contributed by atoms with Gasteiger partial charge in [0.1, 0.15) is 5.75 Å². The summed E-state index contributed by atoms with van der Waals surface area (Å²) < 4.78 is 5.31. The molecule has 160 valence electrons. The second-order valence-corrected chi connectivity index (χ2v) is 7.64. The summed E-state index contributed by atoms with van der Waals surface area (Å²) in [4.78, 5) is 28.4. The number of carbonyl (C=O) groups excluding carboxylic acids is 2. The van der Waals surface area contributed by atoms with E-state index in [4.69, 9.17) is 4.74 Å². The highest BCUT2D eigenvalue weighted by Gasteiger charge is 2.21. The standard InChI is InChI=1S/C24H31N3O3/c1-4-27(18(2)21-10-6-11-22(15-21)30-3)24(29)25-16-19-8-5-9-20(14-19)17-26-13-7-12-23(26)28/h5-6,8-11,14-15,18H,4,7,12-13,16-17H2,1-3H3,(H,25,29). The molecule has 3 amide bonds. The molecule has 1 saturated heterocycles. The van der Waals surface area contributed by atoms with Gasteiger partial charge in [-0.05, 0) is 49.1 Å². The van der Waals surface area contributed by atoms with E-state index in [1.54, 1.807) is 7.11 Å². The molecule has 1 N–H and O–H groups in total. The fourth-order valence-corrected chi connectivity index (χ4v) is 3.88. The fraction of sp³-hybridized carbons (Fsp3) is 0.417. The summed E-state index contributed by atoms with van der Waals surface area (Å²) >= 11 is 0. The molecule has 0 aromatic heterocycles. The Bertz CT molecular complexity index is 884. The Balaban J connectivity index is 1.60. The number of nitrogens with one attached hydrogen (secondary N) is 1. The first-order valence-electron chi connectivity index (χ1n) is 10.6. The first-order valence-corrected chi connectivity index (χ1v) is 10.6. The van der Waals surface area contributed by atoms with Gasteiger partial charge in [-0.15, -0.1) is 0 Å². The Morgan fingerprint density at radius 2 is 1.97 bits per heavy atom. The third-order valence-corrected chi connectivity index (χ3v) is 5.63. The van der Waals surface area contributed by atoms with Gasteiger partial charge in [0.15, 0.2) is 0 Å². The average molecular weight is 410 g/mol. The van der Waals surface area contributed by atoms with Gasteiger partial charge in [0.2, 0.25) is 5.91 Å². The number of ether oxygens (including phenoxy) is 1. The lowest BCUT2D eigenvalue weighted by atomic mass is 10.1. The van der Waals surface area contributed by atoms with Gasteiger partial charge in [0.25, 0.3) is 0 Å². The van der Waals surface area contributed by atoms with Gasteiger partial charge in [-0.3, -0.25) is 4.79 Å². The Hall–Kier alpha value is -3.02. The lowest BCUT2D eigenvalue weighted by Gasteiger charge is -2.29. The summed E-state index contributed by atoms with van der Waals surface area (Å²) in [5, 5.41) is 3.03. The lowest BCUT2D eigenvalue weighted by Crippen LogP contribution is -2.41. The molecule has 0 bridgehead atoms. The van der Waals surface area contributed by atoms with Gasteiger partial charge in [-0.1, -0.05) is 36.4 Å². The number of benzene rings is 2. The molecule has 3 rings (SSSR count).